The van der Waals surface area contributed by atoms with Crippen molar-refractivity contribution in [2.45, 2.75) is 96.9 Å². The van der Waals surface area contributed by atoms with E-state index in [1.54, 1.807) is 0 Å². The lowest BCUT2D eigenvalue weighted by atomic mass is 9.86. The third kappa shape index (κ3) is 7.76. The highest BCUT2D eigenvalue weighted by atomic mass is 16.7. The molecule has 0 aromatic heterocycles. The Kier molecular flexibility index (Phi) is 10.8. The van der Waals surface area contributed by atoms with E-state index in [-0.39, 0.29) is 6.42 Å². The van der Waals surface area contributed by atoms with Crippen molar-refractivity contribution in [2.75, 3.05) is 20.2 Å². The number of hydrogen-bond donors (Lipinski definition) is 0. The van der Waals surface area contributed by atoms with E-state index in [1.165, 1.54) is 19.6 Å². The van der Waals surface area contributed by atoms with Crippen molar-refractivity contribution in [3.63, 3.8) is 0 Å². The Labute approximate surface area is 237 Å². The SMILES string of the molecule is CCCN(CCC)[C@H]1CCc2c(ccc(OCc3ccccc3)c2O[C@H]2C[C@@H](OC(C)=O)C[C@@H](C(=O)OC)O2)C1. The van der Waals surface area contributed by atoms with Crippen LogP contribution in [0.1, 0.15) is 69.6 Å². The number of esters is 2. The maximum Gasteiger partial charge on any atom is 0.335 e. The van der Waals surface area contributed by atoms with Gasteiger partial charge in [-0.05, 0) is 62.4 Å². The first-order valence-electron chi connectivity index (χ1n) is 14.5. The van der Waals surface area contributed by atoms with Gasteiger partial charge in [0.2, 0.25) is 6.29 Å². The summed E-state index contributed by atoms with van der Waals surface area (Å²) in [5.74, 6) is 0.346. The molecule has 0 spiro atoms. The number of hydrogen-bond acceptors (Lipinski definition) is 8. The predicted octanol–water partition coefficient (Wildman–Crippen LogP) is 5.23. The first-order chi connectivity index (χ1) is 19.4. The van der Waals surface area contributed by atoms with E-state index in [0.29, 0.717) is 30.6 Å². The summed E-state index contributed by atoms with van der Waals surface area (Å²) < 4.78 is 29.3. The van der Waals surface area contributed by atoms with Gasteiger partial charge in [0.15, 0.2) is 17.6 Å². The number of methoxy groups -OCH3 is 1. The van der Waals surface area contributed by atoms with Gasteiger partial charge in [0.05, 0.1) is 7.11 Å². The van der Waals surface area contributed by atoms with Crippen LogP contribution in [-0.4, -0.2) is 61.6 Å². The zero-order valence-electron chi connectivity index (χ0n) is 24.2. The Morgan fingerprint density at radius 3 is 2.45 bits per heavy atom. The van der Waals surface area contributed by atoms with Crippen molar-refractivity contribution in [1.29, 1.82) is 0 Å². The van der Waals surface area contributed by atoms with Gasteiger partial charge in [-0.1, -0.05) is 50.2 Å². The number of rotatable bonds is 12. The second-order valence-electron chi connectivity index (χ2n) is 10.6. The number of carbonyl (C=O) groups excluding carboxylic acids is 2. The van der Waals surface area contributed by atoms with Gasteiger partial charge in [-0.25, -0.2) is 4.79 Å². The second kappa shape index (κ2) is 14.5. The van der Waals surface area contributed by atoms with E-state index in [1.807, 2.05) is 36.4 Å². The van der Waals surface area contributed by atoms with Crippen molar-refractivity contribution >= 4 is 11.9 Å². The van der Waals surface area contributed by atoms with Crippen molar-refractivity contribution < 1.29 is 33.3 Å². The Morgan fingerprint density at radius 2 is 1.77 bits per heavy atom. The van der Waals surface area contributed by atoms with Crippen LogP contribution >= 0.6 is 0 Å². The average molecular weight is 554 g/mol. The molecule has 0 bridgehead atoms. The van der Waals surface area contributed by atoms with Gasteiger partial charge in [-0.3, -0.25) is 4.79 Å². The van der Waals surface area contributed by atoms with Crippen LogP contribution in [0, 0.1) is 0 Å². The van der Waals surface area contributed by atoms with Crippen LogP contribution in [0.5, 0.6) is 11.5 Å². The number of fused-ring (bicyclic) bond motifs is 1. The molecule has 4 atom stereocenters. The Hall–Kier alpha value is -3.10. The molecule has 1 saturated heterocycles. The average Bonchev–Trinajstić information content (AvgIpc) is 2.96. The van der Waals surface area contributed by atoms with Crippen molar-refractivity contribution in [2.24, 2.45) is 0 Å². The minimum Gasteiger partial charge on any atom is -0.485 e. The van der Waals surface area contributed by atoms with E-state index in [4.69, 9.17) is 23.7 Å². The fraction of sp³-hybridized carbons (Fsp3) is 0.562. The summed E-state index contributed by atoms with van der Waals surface area (Å²) in [6.07, 6.45) is 3.40. The van der Waals surface area contributed by atoms with Crippen LogP contribution in [0.25, 0.3) is 0 Å². The molecule has 2 aromatic rings. The molecule has 218 valence electrons. The number of ether oxygens (including phenoxy) is 5. The molecule has 2 aliphatic rings. The molecule has 8 heteroatoms. The largest absolute Gasteiger partial charge is 0.485 e. The molecule has 1 fully saturated rings. The van der Waals surface area contributed by atoms with Gasteiger partial charge in [0.1, 0.15) is 12.7 Å². The van der Waals surface area contributed by atoms with Gasteiger partial charge >= 0.3 is 11.9 Å². The molecule has 1 aliphatic heterocycles. The summed E-state index contributed by atoms with van der Waals surface area (Å²) in [4.78, 5) is 26.7. The maximum absolute atomic E-state index is 12.4. The van der Waals surface area contributed by atoms with Crippen LogP contribution in [0.3, 0.4) is 0 Å². The Morgan fingerprint density at radius 1 is 1.02 bits per heavy atom. The molecule has 4 rings (SSSR count). The van der Waals surface area contributed by atoms with Gasteiger partial charge in [-0.15, -0.1) is 0 Å². The summed E-state index contributed by atoms with van der Waals surface area (Å²) >= 11 is 0. The molecule has 40 heavy (non-hydrogen) atoms. The highest BCUT2D eigenvalue weighted by Gasteiger charge is 2.38. The maximum atomic E-state index is 12.4. The van der Waals surface area contributed by atoms with Crippen LogP contribution < -0.4 is 9.47 Å². The van der Waals surface area contributed by atoms with Gasteiger partial charge in [0.25, 0.3) is 0 Å². The Bertz CT molecular complexity index is 1120. The number of nitrogens with zero attached hydrogens (tertiary/aromatic N) is 1. The zero-order valence-corrected chi connectivity index (χ0v) is 24.2. The molecular formula is C32H43NO7. The summed E-state index contributed by atoms with van der Waals surface area (Å²) in [7, 11) is 1.32. The highest BCUT2D eigenvalue weighted by molar-refractivity contribution is 5.75. The Balaban J connectivity index is 1.62. The molecule has 0 unspecified atom stereocenters. The van der Waals surface area contributed by atoms with Gasteiger partial charge in [0, 0.05) is 31.4 Å². The van der Waals surface area contributed by atoms with Gasteiger partial charge in [-0.2, -0.15) is 0 Å². The van der Waals surface area contributed by atoms with Gasteiger partial charge < -0.3 is 28.6 Å². The van der Waals surface area contributed by atoms with Crippen LogP contribution in [0.15, 0.2) is 42.5 Å². The fourth-order valence-corrected chi connectivity index (χ4v) is 5.79. The molecule has 0 saturated carbocycles. The standard InChI is InChI=1S/C32H43NO7/c1-5-16-33(17-6-2)25-13-14-27-24(18-25)12-15-28(37-21-23-10-8-7-9-11-23)31(27)40-30-20-26(38-22(3)34)19-29(39-30)32(35)36-4/h7-12,15,25-26,29-30H,5-6,13-14,16-21H2,1-4H3/t25-,26-,29-,30-/m0/s1. The molecule has 0 amide bonds. The predicted molar refractivity (Wildman–Crippen MR) is 151 cm³/mol. The first kappa shape index (κ1) is 29.9. The molecule has 0 N–H and O–H groups in total. The summed E-state index contributed by atoms with van der Waals surface area (Å²) in [5.41, 5.74) is 3.41. The molecule has 2 aromatic carbocycles. The quantitative estimate of drug-likeness (QED) is 0.330. The van der Waals surface area contributed by atoms with E-state index >= 15 is 0 Å². The van der Waals surface area contributed by atoms with E-state index in [2.05, 4.69) is 24.8 Å². The molecule has 1 aliphatic carbocycles. The second-order valence-corrected chi connectivity index (χ2v) is 10.6. The van der Waals surface area contributed by atoms with Crippen LogP contribution in [0.2, 0.25) is 0 Å². The lowest BCUT2D eigenvalue weighted by molar-refractivity contribution is -0.204. The summed E-state index contributed by atoms with van der Waals surface area (Å²) in [5, 5.41) is 0. The van der Waals surface area contributed by atoms with Crippen LogP contribution in [0.4, 0.5) is 0 Å². The number of benzene rings is 2. The zero-order chi connectivity index (χ0) is 28.5. The third-order valence-corrected chi connectivity index (χ3v) is 7.57. The fourth-order valence-electron chi connectivity index (χ4n) is 5.79. The number of carbonyl (C=O) groups is 2. The minimum absolute atomic E-state index is 0.225. The normalized spacial score (nSPS) is 22.3. The van der Waals surface area contributed by atoms with E-state index in [9.17, 15) is 9.59 Å². The van der Waals surface area contributed by atoms with Crippen molar-refractivity contribution in [3.8, 4) is 11.5 Å². The van der Waals surface area contributed by atoms with Crippen LogP contribution in [-0.2, 0) is 43.2 Å². The lowest BCUT2D eigenvalue weighted by Gasteiger charge is -2.37. The van der Waals surface area contributed by atoms with Crippen molar-refractivity contribution in [1.82, 2.24) is 4.90 Å². The highest BCUT2D eigenvalue weighted by Crippen LogP contribution is 2.41. The molecule has 1 heterocycles. The summed E-state index contributed by atoms with van der Waals surface area (Å²) in [6.45, 7) is 8.41. The van der Waals surface area contributed by atoms with E-state index < -0.39 is 30.4 Å². The monoisotopic (exact) mass is 553 g/mol. The van der Waals surface area contributed by atoms with Crippen molar-refractivity contribution in [3.05, 3.63) is 59.2 Å². The first-order valence-corrected chi connectivity index (χ1v) is 14.5. The molecule has 8 nitrogen and oxygen atoms in total. The summed E-state index contributed by atoms with van der Waals surface area (Å²) in [6, 6.07) is 14.6. The lowest BCUT2D eigenvalue weighted by Crippen LogP contribution is -2.44. The smallest absolute Gasteiger partial charge is 0.335 e. The molecular weight excluding hydrogens is 510 g/mol. The van der Waals surface area contributed by atoms with E-state index in [0.717, 1.165) is 56.3 Å². The third-order valence-electron chi connectivity index (χ3n) is 7.57. The molecule has 0 radical (unpaired) electrons. The minimum atomic E-state index is -0.887. The topological polar surface area (TPSA) is 83.5 Å².